The zero-order valence-corrected chi connectivity index (χ0v) is 12.7. The van der Waals surface area contributed by atoms with Gasteiger partial charge in [-0.15, -0.1) is 0 Å². The number of carbonyl (C=O) groups is 1. The van der Waals surface area contributed by atoms with Gasteiger partial charge in [-0.1, -0.05) is 46.0 Å². The fourth-order valence-corrected chi connectivity index (χ4v) is 3.08. The molecule has 1 saturated carbocycles. The average molecular weight is 270 g/mol. The Morgan fingerprint density at radius 3 is 2.42 bits per heavy atom. The van der Waals surface area contributed by atoms with Crippen molar-refractivity contribution in [3.8, 4) is 0 Å². The average Bonchev–Trinajstić information content (AvgIpc) is 2.38. The summed E-state index contributed by atoms with van der Waals surface area (Å²) in [5.74, 6) is 0.871. The van der Waals surface area contributed by atoms with Crippen LogP contribution in [0.1, 0.15) is 65.7 Å². The highest BCUT2D eigenvalue weighted by Crippen LogP contribution is 2.34. The van der Waals surface area contributed by atoms with Crippen LogP contribution < -0.4 is 0 Å². The third-order valence-corrected chi connectivity index (χ3v) is 4.36. The lowest BCUT2D eigenvalue weighted by Gasteiger charge is -2.30. The van der Waals surface area contributed by atoms with Crippen LogP contribution in [0.2, 0.25) is 0 Å². The molecule has 0 bridgehead atoms. The number of hydrogen-bond acceptors (Lipinski definition) is 3. The first-order chi connectivity index (χ1) is 9.08. The van der Waals surface area contributed by atoms with Gasteiger partial charge in [-0.25, -0.2) is 0 Å². The van der Waals surface area contributed by atoms with Crippen molar-refractivity contribution in [1.29, 1.82) is 0 Å². The minimum Gasteiger partial charge on any atom is -0.466 e. The molecule has 0 heterocycles. The van der Waals surface area contributed by atoms with Crippen LogP contribution in [0.5, 0.6) is 0 Å². The predicted molar refractivity (Wildman–Crippen MR) is 76.8 cm³/mol. The van der Waals surface area contributed by atoms with E-state index in [2.05, 4.69) is 6.92 Å². The molecule has 3 heteroatoms. The minimum atomic E-state index is -0.539. The van der Waals surface area contributed by atoms with Crippen molar-refractivity contribution < 1.29 is 14.6 Å². The van der Waals surface area contributed by atoms with Crippen LogP contribution in [0.25, 0.3) is 0 Å². The standard InChI is InChI=1S/C16H30O3/c1-4-6-15(17)14(16(18)19-5-2)11-13-9-7-12(3)8-10-13/h12-15,17H,4-11H2,1-3H3/t12?,13?,14-,15+/m0/s1. The van der Waals surface area contributed by atoms with E-state index in [1.165, 1.54) is 25.7 Å². The van der Waals surface area contributed by atoms with E-state index in [1.807, 2.05) is 13.8 Å². The number of rotatable bonds is 7. The van der Waals surface area contributed by atoms with Crippen LogP contribution in [-0.4, -0.2) is 23.8 Å². The van der Waals surface area contributed by atoms with Gasteiger partial charge in [-0.05, 0) is 31.6 Å². The van der Waals surface area contributed by atoms with Crippen molar-refractivity contribution in [2.24, 2.45) is 17.8 Å². The van der Waals surface area contributed by atoms with E-state index in [0.717, 1.165) is 18.8 Å². The fourth-order valence-electron chi connectivity index (χ4n) is 3.08. The van der Waals surface area contributed by atoms with E-state index in [9.17, 15) is 9.90 Å². The first kappa shape index (κ1) is 16.5. The molecule has 1 aliphatic rings. The summed E-state index contributed by atoms with van der Waals surface area (Å²) < 4.78 is 5.14. The molecule has 1 aliphatic carbocycles. The topological polar surface area (TPSA) is 46.5 Å². The van der Waals surface area contributed by atoms with E-state index in [4.69, 9.17) is 4.74 Å². The number of aliphatic hydroxyl groups excluding tert-OH is 1. The van der Waals surface area contributed by atoms with Gasteiger partial charge >= 0.3 is 5.97 Å². The first-order valence-electron chi connectivity index (χ1n) is 7.93. The van der Waals surface area contributed by atoms with E-state index < -0.39 is 6.10 Å². The zero-order valence-electron chi connectivity index (χ0n) is 12.7. The van der Waals surface area contributed by atoms with Crippen molar-refractivity contribution in [3.05, 3.63) is 0 Å². The molecule has 2 atom stereocenters. The molecule has 19 heavy (non-hydrogen) atoms. The summed E-state index contributed by atoms with van der Waals surface area (Å²) >= 11 is 0. The summed E-state index contributed by atoms with van der Waals surface area (Å²) in [4.78, 5) is 12.0. The molecule has 3 nitrogen and oxygen atoms in total. The predicted octanol–water partition coefficient (Wildman–Crippen LogP) is 3.54. The van der Waals surface area contributed by atoms with Crippen molar-refractivity contribution >= 4 is 5.97 Å². The quantitative estimate of drug-likeness (QED) is 0.720. The first-order valence-corrected chi connectivity index (χ1v) is 7.93. The highest BCUT2D eigenvalue weighted by molar-refractivity contribution is 5.73. The van der Waals surface area contributed by atoms with Gasteiger partial charge in [-0.3, -0.25) is 4.79 Å². The second-order valence-electron chi connectivity index (χ2n) is 6.08. The highest BCUT2D eigenvalue weighted by atomic mass is 16.5. The Kier molecular flexibility index (Phi) is 7.44. The van der Waals surface area contributed by atoms with Gasteiger partial charge in [0.2, 0.25) is 0 Å². The van der Waals surface area contributed by atoms with E-state index >= 15 is 0 Å². The smallest absolute Gasteiger partial charge is 0.311 e. The van der Waals surface area contributed by atoms with Crippen LogP contribution in [0.3, 0.4) is 0 Å². The number of aliphatic hydroxyl groups is 1. The van der Waals surface area contributed by atoms with Crippen LogP contribution >= 0.6 is 0 Å². The number of hydrogen-bond donors (Lipinski definition) is 1. The molecule has 0 radical (unpaired) electrons. The molecule has 0 aromatic rings. The largest absolute Gasteiger partial charge is 0.466 e. The third kappa shape index (κ3) is 5.52. The molecule has 0 aromatic heterocycles. The second-order valence-corrected chi connectivity index (χ2v) is 6.08. The van der Waals surface area contributed by atoms with Gasteiger partial charge in [-0.2, -0.15) is 0 Å². The van der Waals surface area contributed by atoms with Gasteiger partial charge in [0, 0.05) is 0 Å². The number of esters is 1. The lowest BCUT2D eigenvalue weighted by atomic mass is 9.77. The van der Waals surface area contributed by atoms with Gasteiger partial charge in [0.1, 0.15) is 0 Å². The molecule has 0 unspecified atom stereocenters. The molecule has 1 rings (SSSR count). The Morgan fingerprint density at radius 1 is 1.26 bits per heavy atom. The van der Waals surface area contributed by atoms with Gasteiger partial charge in [0.05, 0.1) is 18.6 Å². The maximum atomic E-state index is 12.0. The summed E-state index contributed by atoms with van der Waals surface area (Å²) in [5.41, 5.74) is 0. The van der Waals surface area contributed by atoms with Crippen LogP contribution in [0.4, 0.5) is 0 Å². The zero-order chi connectivity index (χ0) is 14.3. The lowest BCUT2D eigenvalue weighted by molar-refractivity contribution is -0.153. The molecule has 112 valence electrons. The van der Waals surface area contributed by atoms with Crippen LogP contribution in [0, 0.1) is 17.8 Å². The molecule has 0 saturated heterocycles. The van der Waals surface area contributed by atoms with Crippen LogP contribution in [0.15, 0.2) is 0 Å². The summed E-state index contributed by atoms with van der Waals surface area (Å²) in [6.07, 6.45) is 6.74. The Hall–Kier alpha value is -0.570. The highest BCUT2D eigenvalue weighted by Gasteiger charge is 2.31. The molecule has 0 aliphatic heterocycles. The Bertz CT molecular complexity index is 257. The maximum absolute atomic E-state index is 12.0. The van der Waals surface area contributed by atoms with Crippen molar-refractivity contribution in [2.45, 2.75) is 71.8 Å². The van der Waals surface area contributed by atoms with Gasteiger partial charge < -0.3 is 9.84 Å². The lowest BCUT2D eigenvalue weighted by Crippen LogP contribution is -2.32. The SMILES string of the molecule is CCC[C@@H](O)[C@H](CC1CCC(C)CC1)C(=O)OCC. The maximum Gasteiger partial charge on any atom is 0.311 e. The summed E-state index contributed by atoms with van der Waals surface area (Å²) in [6.45, 7) is 6.55. The molecule has 0 spiro atoms. The normalized spacial score (nSPS) is 26.7. The summed E-state index contributed by atoms with van der Waals surface area (Å²) in [5, 5.41) is 10.2. The van der Waals surface area contributed by atoms with Crippen molar-refractivity contribution in [1.82, 2.24) is 0 Å². The number of carbonyl (C=O) groups excluding carboxylic acids is 1. The van der Waals surface area contributed by atoms with Crippen molar-refractivity contribution in [2.75, 3.05) is 6.61 Å². The number of ether oxygens (including phenoxy) is 1. The molecular weight excluding hydrogens is 240 g/mol. The van der Waals surface area contributed by atoms with E-state index in [1.54, 1.807) is 0 Å². The van der Waals surface area contributed by atoms with Gasteiger partial charge in [0.15, 0.2) is 0 Å². The Balaban J connectivity index is 2.55. The van der Waals surface area contributed by atoms with Crippen molar-refractivity contribution in [3.63, 3.8) is 0 Å². The third-order valence-electron chi connectivity index (χ3n) is 4.36. The molecule has 1 N–H and O–H groups in total. The summed E-state index contributed by atoms with van der Waals surface area (Å²) in [6, 6.07) is 0. The van der Waals surface area contributed by atoms with E-state index in [0.29, 0.717) is 18.9 Å². The molecular formula is C16H30O3. The molecule has 1 fully saturated rings. The van der Waals surface area contributed by atoms with E-state index in [-0.39, 0.29) is 11.9 Å². The monoisotopic (exact) mass is 270 g/mol. The van der Waals surface area contributed by atoms with Gasteiger partial charge in [0.25, 0.3) is 0 Å². The molecule has 0 amide bonds. The van der Waals surface area contributed by atoms with Crippen LogP contribution in [-0.2, 0) is 9.53 Å². The Morgan fingerprint density at radius 2 is 1.89 bits per heavy atom. The fraction of sp³-hybridized carbons (Fsp3) is 0.938. The minimum absolute atomic E-state index is 0.206. The molecule has 0 aromatic carbocycles. The second kappa shape index (κ2) is 8.57. The summed E-state index contributed by atoms with van der Waals surface area (Å²) in [7, 11) is 0. The Labute approximate surface area is 117 Å².